The van der Waals surface area contributed by atoms with Gasteiger partial charge in [-0.3, -0.25) is 0 Å². The number of hydrogen-bond donors (Lipinski definition) is 1. The quantitative estimate of drug-likeness (QED) is 0.563. The van der Waals surface area contributed by atoms with Gasteiger partial charge in [0.1, 0.15) is 5.82 Å². The molecule has 1 N–H and O–H groups in total. The average molecular weight is 435 g/mol. The summed E-state index contributed by atoms with van der Waals surface area (Å²) in [4.78, 5) is 23.7. The number of aromatic nitrogens is 2. The molecular formula is C24H23ClN4O2. The number of nitrogens with one attached hydrogen (secondary N) is 1. The van der Waals surface area contributed by atoms with E-state index in [4.69, 9.17) is 26.3 Å². The molecule has 6 nitrogen and oxygen atoms in total. The smallest absolute Gasteiger partial charge is 0.337 e. The largest absolute Gasteiger partial charge is 0.465 e. The van der Waals surface area contributed by atoms with Crippen molar-refractivity contribution in [3.8, 4) is 0 Å². The highest BCUT2D eigenvalue weighted by atomic mass is 35.5. The van der Waals surface area contributed by atoms with Gasteiger partial charge in [0, 0.05) is 35.8 Å². The van der Waals surface area contributed by atoms with Gasteiger partial charge in [0.15, 0.2) is 0 Å². The SMILES string of the molecule is COC(=O)c1ccc2c(c1)CCN(c1cc(C3CC3)nc(Nc3cccc(Cl)c3)n1)C2. The van der Waals surface area contributed by atoms with E-state index in [9.17, 15) is 4.79 Å². The van der Waals surface area contributed by atoms with Crippen molar-refractivity contribution in [2.45, 2.75) is 31.7 Å². The van der Waals surface area contributed by atoms with Crippen molar-refractivity contribution < 1.29 is 9.53 Å². The van der Waals surface area contributed by atoms with Crippen molar-refractivity contribution in [1.82, 2.24) is 9.97 Å². The van der Waals surface area contributed by atoms with Crippen LogP contribution in [0.25, 0.3) is 0 Å². The van der Waals surface area contributed by atoms with E-state index in [2.05, 4.69) is 16.3 Å². The summed E-state index contributed by atoms with van der Waals surface area (Å²) in [6.07, 6.45) is 3.19. The van der Waals surface area contributed by atoms with E-state index in [0.29, 0.717) is 22.5 Å². The molecule has 31 heavy (non-hydrogen) atoms. The number of esters is 1. The van der Waals surface area contributed by atoms with Crippen LogP contribution in [0.4, 0.5) is 17.5 Å². The van der Waals surface area contributed by atoms with Gasteiger partial charge in [-0.2, -0.15) is 4.98 Å². The van der Waals surface area contributed by atoms with Crippen LogP contribution < -0.4 is 10.2 Å². The predicted molar refractivity (Wildman–Crippen MR) is 121 cm³/mol. The molecule has 7 heteroatoms. The molecule has 0 atom stereocenters. The first-order valence-electron chi connectivity index (χ1n) is 10.5. The van der Waals surface area contributed by atoms with E-state index in [-0.39, 0.29) is 5.97 Å². The van der Waals surface area contributed by atoms with Gasteiger partial charge in [-0.15, -0.1) is 0 Å². The van der Waals surface area contributed by atoms with Gasteiger partial charge >= 0.3 is 5.97 Å². The molecule has 0 bridgehead atoms. The predicted octanol–water partition coefficient (Wildman–Crippen LogP) is 5.10. The summed E-state index contributed by atoms with van der Waals surface area (Å²) in [5.41, 5.74) is 4.94. The van der Waals surface area contributed by atoms with E-state index in [1.807, 2.05) is 42.5 Å². The van der Waals surface area contributed by atoms with Crippen LogP contribution in [0.3, 0.4) is 0 Å². The van der Waals surface area contributed by atoms with Crippen LogP contribution in [-0.4, -0.2) is 29.6 Å². The molecule has 1 aliphatic carbocycles. The van der Waals surface area contributed by atoms with Gasteiger partial charge in [-0.1, -0.05) is 23.7 Å². The van der Waals surface area contributed by atoms with Crippen LogP contribution >= 0.6 is 11.6 Å². The van der Waals surface area contributed by atoms with Gasteiger partial charge in [0.25, 0.3) is 0 Å². The van der Waals surface area contributed by atoms with Crippen molar-refractivity contribution in [2.24, 2.45) is 0 Å². The van der Waals surface area contributed by atoms with Gasteiger partial charge in [0.2, 0.25) is 5.95 Å². The number of halogens is 1. The molecule has 2 aliphatic rings. The fourth-order valence-corrected chi connectivity index (χ4v) is 4.14. The number of fused-ring (bicyclic) bond motifs is 1. The number of carbonyl (C=O) groups excluding carboxylic acids is 1. The number of rotatable bonds is 5. The van der Waals surface area contributed by atoms with Crippen molar-refractivity contribution >= 4 is 35.0 Å². The zero-order valence-electron chi connectivity index (χ0n) is 17.3. The Balaban J connectivity index is 1.42. The highest BCUT2D eigenvalue weighted by molar-refractivity contribution is 6.30. The number of hydrogen-bond acceptors (Lipinski definition) is 6. The van der Waals surface area contributed by atoms with Crippen LogP contribution in [0.15, 0.2) is 48.5 Å². The van der Waals surface area contributed by atoms with Crippen LogP contribution in [0.5, 0.6) is 0 Å². The molecule has 1 saturated carbocycles. The molecule has 0 unspecified atom stereocenters. The Hall–Kier alpha value is -3.12. The molecule has 2 aromatic carbocycles. The molecule has 158 valence electrons. The summed E-state index contributed by atoms with van der Waals surface area (Å²) in [7, 11) is 1.41. The highest BCUT2D eigenvalue weighted by Gasteiger charge is 2.28. The number of carbonyl (C=O) groups is 1. The summed E-state index contributed by atoms with van der Waals surface area (Å²) < 4.78 is 4.85. The third-order valence-corrected chi connectivity index (χ3v) is 6.01. The minimum Gasteiger partial charge on any atom is -0.465 e. The first kappa shape index (κ1) is 19.8. The molecule has 0 radical (unpaired) electrons. The Labute approximate surface area is 186 Å². The van der Waals surface area contributed by atoms with Gasteiger partial charge in [0.05, 0.1) is 18.4 Å². The van der Waals surface area contributed by atoms with Crippen molar-refractivity contribution in [3.63, 3.8) is 0 Å². The number of ether oxygens (including phenoxy) is 1. The van der Waals surface area contributed by atoms with Crippen molar-refractivity contribution in [1.29, 1.82) is 0 Å². The minimum atomic E-state index is -0.299. The summed E-state index contributed by atoms with van der Waals surface area (Å²) in [6.45, 7) is 1.57. The molecule has 2 heterocycles. The molecule has 1 aliphatic heterocycles. The average Bonchev–Trinajstić information content (AvgIpc) is 3.63. The van der Waals surface area contributed by atoms with Crippen molar-refractivity contribution in [3.05, 3.63) is 75.9 Å². The molecular weight excluding hydrogens is 412 g/mol. The summed E-state index contributed by atoms with van der Waals surface area (Å²) in [5, 5.41) is 3.98. The second-order valence-corrected chi connectivity index (χ2v) is 8.47. The molecule has 1 fully saturated rings. The number of benzene rings is 2. The Bertz CT molecular complexity index is 1150. The lowest BCUT2D eigenvalue weighted by Crippen LogP contribution is -2.31. The Kier molecular flexibility index (Phi) is 5.24. The molecule has 0 saturated heterocycles. The lowest BCUT2D eigenvalue weighted by molar-refractivity contribution is 0.0600. The maximum absolute atomic E-state index is 11.8. The van der Waals surface area contributed by atoms with Crippen LogP contribution in [0.2, 0.25) is 5.02 Å². The van der Waals surface area contributed by atoms with Crippen LogP contribution in [0.1, 0.15) is 45.9 Å². The maximum atomic E-state index is 11.8. The normalized spacial score (nSPS) is 15.4. The van der Waals surface area contributed by atoms with Crippen LogP contribution in [-0.2, 0) is 17.7 Å². The van der Waals surface area contributed by atoms with Gasteiger partial charge in [-0.25, -0.2) is 9.78 Å². The third-order valence-electron chi connectivity index (χ3n) is 5.77. The van der Waals surface area contributed by atoms with E-state index in [0.717, 1.165) is 36.7 Å². The minimum absolute atomic E-state index is 0.299. The summed E-state index contributed by atoms with van der Waals surface area (Å²) in [6, 6.07) is 15.5. The summed E-state index contributed by atoms with van der Waals surface area (Å²) >= 11 is 6.13. The first-order valence-corrected chi connectivity index (χ1v) is 10.8. The zero-order chi connectivity index (χ0) is 21.4. The first-order chi connectivity index (χ1) is 15.1. The Morgan fingerprint density at radius 3 is 2.77 bits per heavy atom. The lowest BCUT2D eigenvalue weighted by Gasteiger charge is -2.30. The van der Waals surface area contributed by atoms with Gasteiger partial charge < -0.3 is 15.0 Å². The Morgan fingerprint density at radius 1 is 1.13 bits per heavy atom. The Morgan fingerprint density at radius 2 is 2.00 bits per heavy atom. The second-order valence-electron chi connectivity index (χ2n) is 8.03. The third kappa shape index (κ3) is 4.35. The molecule has 1 aromatic heterocycles. The summed E-state index contributed by atoms with van der Waals surface area (Å²) in [5.74, 6) is 1.73. The number of methoxy groups -OCH3 is 1. The monoisotopic (exact) mass is 434 g/mol. The molecule has 5 rings (SSSR count). The molecule has 0 spiro atoms. The van der Waals surface area contributed by atoms with E-state index in [1.165, 1.54) is 31.1 Å². The zero-order valence-corrected chi connectivity index (χ0v) is 18.0. The van der Waals surface area contributed by atoms with E-state index < -0.39 is 0 Å². The maximum Gasteiger partial charge on any atom is 0.337 e. The van der Waals surface area contributed by atoms with E-state index in [1.54, 1.807) is 0 Å². The fourth-order valence-electron chi connectivity index (χ4n) is 3.95. The second kappa shape index (κ2) is 8.19. The standard InChI is InChI=1S/C24H23ClN4O2/c1-31-23(30)17-7-8-18-14-29(10-9-16(18)11-17)22-13-21(15-5-6-15)27-24(28-22)26-20-4-2-3-19(25)12-20/h2-4,7-8,11-13,15H,5-6,9-10,14H2,1H3,(H,26,27,28). The number of anilines is 3. The topological polar surface area (TPSA) is 67.3 Å². The molecule has 3 aromatic rings. The fraction of sp³-hybridized carbons (Fsp3) is 0.292. The highest BCUT2D eigenvalue weighted by Crippen LogP contribution is 2.40. The van der Waals surface area contributed by atoms with E-state index >= 15 is 0 Å². The van der Waals surface area contributed by atoms with Gasteiger partial charge in [-0.05, 0) is 60.7 Å². The lowest BCUT2D eigenvalue weighted by atomic mass is 9.97. The number of nitrogens with zero attached hydrogens (tertiary/aromatic N) is 3. The van der Waals surface area contributed by atoms with Crippen molar-refractivity contribution in [2.75, 3.05) is 23.9 Å². The molecule has 0 amide bonds. The van der Waals surface area contributed by atoms with Crippen LogP contribution in [0, 0.1) is 0 Å².